The Morgan fingerprint density at radius 3 is 2.47 bits per heavy atom. The quantitative estimate of drug-likeness (QED) is 0.500. The molecule has 4 nitrogen and oxygen atoms in total. The third kappa shape index (κ3) is 4.61. The molecular weight excluding hydrogens is 212 g/mol. The van der Waals surface area contributed by atoms with E-state index in [0.29, 0.717) is 13.2 Å². The van der Waals surface area contributed by atoms with Crippen molar-refractivity contribution >= 4 is 8.80 Å². The predicted octanol–water partition coefficient (Wildman–Crippen LogP) is 2.17. The van der Waals surface area contributed by atoms with Gasteiger partial charge < -0.3 is 18.0 Å². The van der Waals surface area contributed by atoms with E-state index < -0.39 is 14.6 Å². The molecule has 0 amide bonds. The van der Waals surface area contributed by atoms with Gasteiger partial charge in [-0.1, -0.05) is 6.92 Å². The van der Waals surface area contributed by atoms with Gasteiger partial charge in [-0.2, -0.15) is 0 Å². The van der Waals surface area contributed by atoms with Crippen molar-refractivity contribution in [2.24, 2.45) is 0 Å². The van der Waals surface area contributed by atoms with Crippen LogP contribution in [0.5, 0.6) is 0 Å². The van der Waals surface area contributed by atoms with Crippen molar-refractivity contribution in [2.75, 3.05) is 13.2 Å². The van der Waals surface area contributed by atoms with Crippen molar-refractivity contribution in [3.8, 4) is 0 Å². The summed E-state index contributed by atoms with van der Waals surface area (Å²) in [6, 6.07) is 0. The molecule has 1 saturated heterocycles. The van der Waals surface area contributed by atoms with Crippen molar-refractivity contribution in [1.29, 1.82) is 0 Å². The summed E-state index contributed by atoms with van der Waals surface area (Å²) in [7, 11) is -2.53. The maximum Gasteiger partial charge on any atom is 0.500 e. The largest absolute Gasteiger partial charge is 0.500 e. The molecule has 0 saturated carbocycles. The molecule has 1 fully saturated rings. The number of epoxide rings is 1. The van der Waals surface area contributed by atoms with E-state index in [0.717, 1.165) is 6.42 Å². The average molecular weight is 234 g/mol. The van der Waals surface area contributed by atoms with Crippen LogP contribution in [0.3, 0.4) is 0 Å². The second kappa shape index (κ2) is 4.93. The van der Waals surface area contributed by atoms with Gasteiger partial charge in [0.2, 0.25) is 0 Å². The molecule has 5 heteroatoms. The molecule has 2 atom stereocenters. The Bertz CT molecular complexity index is 206. The molecule has 15 heavy (non-hydrogen) atoms. The van der Waals surface area contributed by atoms with Gasteiger partial charge in [-0.25, -0.2) is 0 Å². The maximum absolute atomic E-state index is 5.82. The normalized spacial score (nSPS) is 29.2. The Labute approximate surface area is 93.2 Å². The van der Waals surface area contributed by atoms with Crippen molar-refractivity contribution in [3.05, 3.63) is 0 Å². The van der Waals surface area contributed by atoms with Gasteiger partial charge in [0.15, 0.2) is 5.79 Å². The van der Waals surface area contributed by atoms with Crippen LogP contribution < -0.4 is 0 Å². The highest BCUT2D eigenvalue weighted by Gasteiger charge is 2.51. The van der Waals surface area contributed by atoms with Gasteiger partial charge in [0.1, 0.15) is 6.61 Å². The van der Waals surface area contributed by atoms with Crippen molar-refractivity contribution in [3.63, 3.8) is 0 Å². The van der Waals surface area contributed by atoms with Crippen LogP contribution >= 0.6 is 0 Å². The van der Waals surface area contributed by atoms with Gasteiger partial charge in [-0.15, -0.1) is 0 Å². The minimum atomic E-state index is -2.53. The smallest absolute Gasteiger partial charge is 0.374 e. The molecule has 90 valence electrons. The zero-order chi connectivity index (χ0) is 11.5. The SMILES string of the molecule is CCCO[Si](C)(OC(C)C)OC1(C)CO1. The lowest BCUT2D eigenvalue weighted by molar-refractivity contribution is -0.0285. The van der Waals surface area contributed by atoms with Crippen LogP contribution in [0.1, 0.15) is 34.1 Å². The fraction of sp³-hybridized carbons (Fsp3) is 1.00. The second-order valence-corrected chi connectivity index (χ2v) is 6.86. The molecule has 2 unspecified atom stereocenters. The van der Waals surface area contributed by atoms with Crippen LogP contribution in [0.25, 0.3) is 0 Å². The Morgan fingerprint density at radius 1 is 1.47 bits per heavy atom. The molecule has 0 aromatic carbocycles. The van der Waals surface area contributed by atoms with Gasteiger partial charge in [0, 0.05) is 19.3 Å². The Kier molecular flexibility index (Phi) is 4.31. The van der Waals surface area contributed by atoms with Crippen molar-refractivity contribution < 1.29 is 18.0 Å². The molecule has 1 rings (SSSR count). The fourth-order valence-electron chi connectivity index (χ4n) is 1.36. The molecule has 1 heterocycles. The van der Waals surface area contributed by atoms with Gasteiger partial charge in [-0.05, 0) is 27.2 Å². The summed E-state index contributed by atoms with van der Waals surface area (Å²) in [5, 5.41) is 0. The third-order valence-electron chi connectivity index (χ3n) is 1.97. The third-order valence-corrected chi connectivity index (χ3v) is 4.40. The first kappa shape index (κ1) is 13.1. The first-order chi connectivity index (χ1) is 6.89. The van der Waals surface area contributed by atoms with Crippen molar-refractivity contribution in [2.45, 2.75) is 52.6 Å². The first-order valence-corrected chi connectivity index (χ1v) is 7.77. The Balaban J connectivity index is 2.49. The number of hydrogen-bond donors (Lipinski definition) is 0. The molecule has 0 radical (unpaired) electrons. The van der Waals surface area contributed by atoms with E-state index >= 15 is 0 Å². The molecule has 1 aliphatic heterocycles. The molecule has 0 aliphatic carbocycles. The van der Waals surface area contributed by atoms with E-state index in [1.807, 2.05) is 27.3 Å². The predicted molar refractivity (Wildman–Crippen MR) is 59.5 cm³/mol. The van der Waals surface area contributed by atoms with E-state index in [2.05, 4.69) is 6.92 Å². The van der Waals surface area contributed by atoms with Crippen LogP contribution in [-0.2, 0) is 18.0 Å². The maximum atomic E-state index is 5.82. The minimum Gasteiger partial charge on any atom is -0.374 e. The van der Waals surface area contributed by atoms with Gasteiger partial charge in [0.05, 0.1) is 0 Å². The molecule has 1 aliphatic rings. The zero-order valence-corrected chi connectivity index (χ0v) is 11.3. The van der Waals surface area contributed by atoms with Crippen LogP contribution in [0.2, 0.25) is 6.55 Å². The minimum absolute atomic E-state index is 0.112. The summed E-state index contributed by atoms with van der Waals surface area (Å²) in [5.74, 6) is -0.469. The van der Waals surface area contributed by atoms with Crippen LogP contribution in [0.15, 0.2) is 0 Å². The highest BCUT2D eigenvalue weighted by molar-refractivity contribution is 6.59. The zero-order valence-electron chi connectivity index (χ0n) is 10.3. The van der Waals surface area contributed by atoms with E-state index in [-0.39, 0.29) is 6.10 Å². The average Bonchev–Trinajstić information content (AvgIpc) is 2.78. The molecule has 0 aromatic heterocycles. The molecule has 0 bridgehead atoms. The van der Waals surface area contributed by atoms with Crippen LogP contribution in [-0.4, -0.2) is 33.9 Å². The molecular formula is C10H22O4Si. The van der Waals surface area contributed by atoms with Crippen LogP contribution in [0.4, 0.5) is 0 Å². The lowest BCUT2D eigenvalue weighted by Crippen LogP contribution is -2.47. The lowest BCUT2D eigenvalue weighted by Gasteiger charge is -2.29. The summed E-state index contributed by atoms with van der Waals surface area (Å²) < 4.78 is 22.5. The van der Waals surface area contributed by atoms with E-state index in [1.165, 1.54) is 0 Å². The lowest BCUT2D eigenvalue weighted by atomic mass is 10.5. The topological polar surface area (TPSA) is 40.2 Å². The number of ether oxygens (including phenoxy) is 1. The van der Waals surface area contributed by atoms with E-state index in [9.17, 15) is 0 Å². The number of hydrogen-bond acceptors (Lipinski definition) is 4. The van der Waals surface area contributed by atoms with E-state index in [1.54, 1.807) is 0 Å². The monoisotopic (exact) mass is 234 g/mol. The van der Waals surface area contributed by atoms with Crippen LogP contribution in [0, 0.1) is 0 Å². The number of rotatable bonds is 7. The van der Waals surface area contributed by atoms with E-state index in [4.69, 9.17) is 18.0 Å². The summed E-state index contributed by atoms with van der Waals surface area (Å²) >= 11 is 0. The van der Waals surface area contributed by atoms with Gasteiger partial charge in [-0.3, -0.25) is 0 Å². The summed E-state index contributed by atoms with van der Waals surface area (Å²) in [4.78, 5) is 0. The first-order valence-electron chi connectivity index (χ1n) is 5.55. The standard InChI is InChI=1S/C10H22O4Si/c1-6-7-12-15(5,13-9(2)3)14-10(4)8-11-10/h9H,6-8H2,1-5H3. The molecule has 0 spiro atoms. The van der Waals surface area contributed by atoms with Gasteiger partial charge >= 0.3 is 8.80 Å². The summed E-state index contributed by atoms with van der Waals surface area (Å²) in [6.07, 6.45) is 1.08. The summed E-state index contributed by atoms with van der Waals surface area (Å²) in [6.45, 7) is 11.2. The molecule has 0 aromatic rings. The van der Waals surface area contributed by atoms with Gasteiger partial charge in [0.25, 0.3) is 0 Å². The Morgan fingerprint density at radius 2 is 2.07 bits per heavy atom. The summed E-state index contributed by atoms with van der Waals surface area (Å²) in [5.41, 5.74) is 0. The highest BCUT2D eigenvalue weighted by Crippen LogP contribution is 2.32. The molecule has 0 N–H and O–H groups in total. The Hall–Kier alpha value is 0.0569. The highest BCUT2D eigenvalue weighted by atomic mass is 28.4. The second-order valence-electron chi connectivity index (χ2n) is 4.40. The van der Waals surface area contributed by atoms with Crippen molar-refractivity contribution in [1.82, 2.24) is 0 Å². The fourth-order valence-corrected chi connectivity index (χ4v) is 3.86.